The molecule has 0 fully saturated rings. The SMILES string of the molecule is COc1nc(C(=O)c2ccsc2Br)cs1. The largest absolute Gasteiger partial charge is 0.473 e. The number of hydrogen-bond acceptors (Lipinski definition) is 5. The van der Waals surface area contributed by atoms with E-state index in [0.29, 0.717) is 16.5 Å². The Kier molecular flexibility index (Phi) is 3.18. The first-order valence-electron chi connectivity index (χ1n) is 3.99. The van der Waals surface area contributed by atoms with Gasteiger partial charge in [-0.15, -0.1) is 11.3 Å². The number of thiophene rings is 1. The van der Waals surface area contributed by atoms with E-state index < -0.39 is 0 Å². The highest BCUT2D eigenvalue weighted by atomic mass is 79.9. The van der Waals surface area contributed by atoms with E-state index in [2.05, 4.69) is 20.9 Å². The van der Waals surface area contributed by atoms with Crippen molar-refractivity contribution in [3.8, 4) is 5.19 Å². The average Bonchev–Trinajstić information content (AvgIpc) is 2.84. The fraction of sp³-hybridized carbons (Fsp3) is 0.111. The Morgan fingerprint density at radius 2 is 2.33 bits per heavy atom. The summed E-state index contributed by atoms with van der Waals surface area (Å²) >= 11 is 6.13. The van der Waals surface area contributed by atoms with Gasteiger partial charge in [-0.3, -0.25) is 4.79 Å². The lowest BCUT2D eigenvalue weighted by molar-refractivity contribution is 0.103. The molecule has 0 aliphatic rings. The second-order valence-electron chi connectivity index (χ2n) is 2.64. The van der Waals surface area contributed by atoms with Crippen molar-refractivity contribution in [3.63, 3.8) is 0 Å². The lowest BCUT2D eigenvalue weighted by atomic mass is 10.2. The van der Waals surface area contributed by atoms with E-state index in [4.69, 9.17) is 4.74 Å². The van der Waals surface area contributed by atoms with Crippen molar-refractivity contribution in [1.82, 2.24) is 4.98 Å². The van der Waals surface area contributed by atoms with E-state index in [0.717, 1.165) is 3.79 Å². The average molecular weight is 304 g/mol. The quantitative estimate of drug-likeness (QED) is 0.817. The molecule has 0 saturated carbocycles. The van der Waals surface area contributed by atoms with Gasteiger partial charge in [0.15, 0.2) is 0 Å². The number of methoxy groups -OCH3 is 1. The Hall–Kier alpha value is -0.720. The van der Waals surface area contributed by atoms with E-state index in [1.54, 1.807) is 11.4 Å². The molecule has 0 bridgehead atoms. The highest BCUT2D eigenvalue weighted by Gasteiger charge is 2.16. The van der Waals surface area contributed by atoms with Crippen LogP contribution < -0.4 is 4.74 Å². The fourth-order valence-electron chi connectivity index (χ4n) is 1.05. The zero-order valence-corrected chi connectivity index (χ0v) is 10.9. The van der Waals surface area contributed by atoms with Gasteiger partial charge in [-0.25, -0.2) is 0 Å². The highest BCUT2D eigenvalue weighted by Crippen LogP contribution is 2.27. The van der Waals surface area contributed by atoms with Gasteiger partial charge in [-0.05, 0) is 27.4 Å². The summed E-state index contributed by atoms with van der Waals surface area (Å²) in [5, 5.41) is 4.07. The maximum atomic E-state index is 11.9. The van der Waals surface area contributed by atoms with Crippen molar-refractivity contribution in [1.29, 1.82) is 0 Å². The van der Waals surface area contributed by atoms with Gasteiger partial charge in [-0.1, -0.05) is 11.3 Å². The van der Waals surface area contributed by atoms with Gasteiger partial charge in [0.1, 0.15) is 5.69 Å². The molecule has 0 saturated heterocycles. The molecule has 2 rings (SSSR count). The summed E-state index contributed by atoms with van der Waals surface area (Å²) in [5.74, 6) is -0.0809. The lowest BCUT2D eigenvalue weighted by Gasteiger charge is -1.93. The number of ether oxygens (including phenoxy) is 1. The van der Waals surface area contributed by atoms with E-state index >= 15 is 0 Å². The predicted molar refractivity (Wildman–Crippen MR) is 64.1 cm³/mol. The first kappa shape index (κ1) is 10.8. The van der Waals surface area contributed by atoms with Crippen LogP contribution in [0.2, 0.25) is 0 Å². The van der Waals surface area contributed by atoms with Crippen LogP contribution in [-0.4, -0.2) is 17.9 Å². The summed E-state index contributed by atoms with van der Waals surface area (Å²) in [6.45, 7) is 0. The minimum atomic E-state index is -0.0809. The van der Waals surface area contributed by atoms with Crippen LogP contribution in [0.4, 0.5) is 0 Å². The predicted octanol–water partition coefficient (Wildman–Crippen LogP) is 3.21. The standard InChI is InChI=1S/C9H6BrNO2S2/c1-13-9-11-6(4-15-9)7(12)5-2-3-14-8(5)10/h2-4H,1H3. The second-order valence-corrected chi connectivity index (χ2v) is 5.69. The Morgan fingerprint density at radius 1 is 1.53 bits per heavy atom. The smallest absolute Gasteiger partial charge is 0.273 e. The summed E-state index contributed by atoms with van der Waals surface area (Å²) in [6, 6.07) is 1.78. The van der Waals surface area contributed by atoms with E-state index in [-0.39, 0.29) is 5.78 Å². The number of rotatable bonds is 3. The van der Waals surface area contributed by atoms with E-state index in [1.165, 1.54) is 29.8 Å². The van der Waals surface area contributed by atoms with Crippen LogP contribution in [0.25, 0.3) is 0 Å². The Bertz CT molecular complexity index is 492. The van der Waals surface area contributed by atoms with Crippen LogP contribution in [0, 0.1) is 0 Å². The number of nitrogens with zero attached hydrogens (tertiary/aromatic N) is 1. The third-order valence-electron chi connectivity index (χ3n) is 1.75. The van der Waals surface area contributed by atoms with Gasteiger partial charge in [0.2, 0.25) is 5.78 Å². The molecule has 0 amide bonds. The number of carbonyl (C=O) groups is 1. The molecule has 0 N–H and O–H groups in total. The number of halogens is 1. The molecule has 0 unspecified atom stereocenters. The zero-order valence-electron chi connectivity index (χ0n) is 7.69. The van der Waals surface area contributed by atoms with Crippen molar-refractivity contribution < 1.29 is 9.53 Å². The maximum absolute atomic E-state index is 11.9. The van der Waals surface area contributed by atoms with Crippen molar-refractivity contribution in [3.05, 3.63) is 31.9 Å². The number of aromatic nitrogens is 1. The number of carbonyl (C=O) groups excluding carboxylic acids is 1. The van der Waals surface area contributed by atoms with Gasteiger partial charge >= 0.3 is 0 Å². The van der Waals surface area contributed by atoms with Crippen LogP contribution >= 0.6 is 38.6 Å². The van der Waals surface area contributed by atoms with Crippen LogP contribution in [0.5, 0.6) is 5.19 Å². The molecule has 6 heteroatoms. The third-order valence-corrected chi connectivity index (χ3v) is 4.24. The van der Waals surface area contributed by atoms with Crippen molar-refractivity contribution in [2.24, 2.45) is 0 Å². The van der Waals surface area contributed by atoms with Gasteiger partial charge in [0.25, 0.3) is 5.19 Å². The fourth-order valence-corrected chi connectivity index (χ4v) is 2.92. The third kappa shape index (κ3) is 2.11. The molecular formula is C9H6BrNO2S2. The second kappa shape index (κ2) is 4.42. The minimum Gasteiger partial charge on any atom is -0.473 e. The molecule has 3 nitrogen and oxygen atoms in total. The zero-order chi connectivity index (χ0) is 10.8. The van der Waals surface area contributed by atoms with Crippen molar-refractivity contribution in [2.75, 3.05) is 7.11 Å². The van der Waals surface area contributed by atoms with Crippen LogP contribution in [0.3, 0.4) is 0 Å². The summed E-state index contributed by atoms with van der Waals surface area (Å²) in [7, 11) is 1.54. The Labute approximate surface area is 103 Å². The monoisotopic (exact) mass is 303 g/mol. The first-order chi connectivity index (χ1) is 7.22. The molecule has 2 aromatic heterocycles. The topological polar surface area (TPSA) is 39.2 Å². The molecule has 0 aromatic carbocycles. The maximum Gasteiger partial charge on any atom is 0.273 e. The molecule has 0 aliphatic carbocycles. The Balaban J connectivity index is 2.32. The normalized spacial score (nSPS) is 10.3. The molecule has 2 aromatic rings. The summed E-state index contributed by atoms with van der Waals surface area (Å²) in [5.41, 5.74) is 1.07. The lowest BCUT2D eigenvalue weighted by Crippen LogP contribution is -2.00. The molecular weight excluding hydrogens is 298 g/mol. The van der Waals surface area contributed by atoms with Gasteiger partial charge in [-0.2, -0.15) is 4.98 Å². The van der Waals surface area contributed by atoms with E-state index in [9.17, 15) is 4.79 Å². The molecule has 0 aliphatic heterocycles. The van der Waals surface area contributed by atoms with Gasteiger partial charge in [0.05, 0.1) is 10.9 Å². The summed E-state index contributed by atoms with van der Waals surface area (Å²) < 4.78 is 5.77. The van der Waals surface area contributed by atoms with Gasteiger partial charge < -0.3 is 4.74 Å². The number of ketones is 1. The van der Waals surface area contributed by atoms with Crippen molar-refractivity contribution in [2.45, 2.75) is 0 Å². The summed E-state index contributed by atoms with van der Waals surface area (Å²) in [4.78, 5) is 16.0. The number of hydrogen-bond donors (Lipinski definition) is 0. The Morgan fingerprint density at radius 3 is 2.87 bits per heavy atom. The highest BCUT2D eigenvalue weighted by molar-refractivity contribution is 9.11. The van der Waals surface area contributed by atoms with Crippen LogP contribution in [0.15, 0.2) is 20.6 Å². The first-order valence-corrected chi connectivity index (χ1v) is 6.55. The molecule has 0 atom stereocenters. The minimum absolute atomic E-state index is 0.0809. The van der Waals surface area contributed by atoms with E-state index in [1.807, 2.05) is 5.38 Å². The molecule has 78 valence electrons. The van der Waals surface area contributed by atoms with Crippen LogP contribution in [0.1, 0.15) is 16.1 Å². The molecule has 15 heavy (non-hydrogen) atoms. The molecule has 0 spiro atoms. The van der Waals surface area contributed by atoms with Crippen LogP contribution in [-0.2, 0) is 0 Å². The summed E-state index contributed by atoms with van der Waals surface area (Å²) in [6.07, 6.45) is 0. The van der Waals surface area contributed by atoms with Crippen molar-refractivity contribution >= 4 is 44.4 Å². The number of thiazole rings is 1. The molecule has 0 radical (unpaired) electrons. The van der Waals surface area contributed by atoms with Gasteiger partial charge in [0, 0.05) is 10.9 Å². The molecule has 2 heterocycles.